The van der Waals surface area contributed by atoms with Gasteiger partial charge < -0.3 is 5.32 Å². The third-order valence-corrected chi connectivity index (χ3v) is 0.988. The molecule has 1 aliphatic rings. The van der Waals surface area contributed by atoms with Crippen LogP contribution in [-0.2, 0) is 0 Å². The predicted octanol–water partition coefficient (Wildman–Crippen LogP) is 1.23. The Balaban J connectivity index is 2.58. The highest BCUT2D eigenvalue weighted by atomic mass is 35.5. The normalized spacial score (nSPS) is 18.1. The van der Waals surface area contributed by atoms with Gasteiger partial charge in [-0.1, -0.05) is 17.7 Å². The summed E-state index contributed by atoms with van der Waals surface area (Å²) in [5, 5.41) is 3.72. The van der Waals surface area contributed by atoms with Crippen LogP contribution in [0.15, 0.2) is 23.4 Å². The number of dihydropyridines is 1. The molecule has 0 spiro atoms. The van der Waals surface area contributed by atoms with E-state index >= 15 is 0 Å². The van der Waals surface area contributed by atoms with E-state index < -0.39 is 0 Å². The van der Waals surface area contributed by atoms with Crippen LogP contribution in [-0.4, -0.2) is 6.54 Å². The topological polar surface area (TPSA) is 12.0 Å². The zero-order valence-electron chi connectivity index (χ0n) is 3.82. The zero-order chi connectivity index (χ0) is 5.11. The average Bonchev–Trinajstić information content (AvgIpc) is 1.69. The molecule has 0 atom stereocenters. The monoisotopic (exact) mass is 115 g/mol. The van der Waals surface area contributed by atoms with Crippen molar-refractivity contribution >= 4 is 11.6 Å². The van der Waals surface area contributed by atoms with Crippen molar-refractivity contribution in [1.29, 1.82) is 0 Å². The molecule has 7 heavy (non-hydrogen) atoms. The maximum absolute atomic E-state index is 5.53. The van der Waals surface area contributed by atoms with Gasteiger partial charge in [-0.2, -0.15) is 0 Å². The molecule has 1 N–H and O–H groups in total. The van der Waals surface area contributed by atoms with Crippen molar-refractivity contribution in [3.63, 3.8) is 0 Å². The molecule has 0 saturated carbocycles. The molecule has 0 unspecified atom stereocenters. The third-order valence-electron chi connectivity index (χ3n) is 0.753. The van der Waals surface area contributed by atoms with Gasteiger partial charge in [0.15, 0.2) is 0 Å². The largest absolute Gasteiger partial charge is 0.386 e. The van der Waals surface area contributed by atoms with E-state index in [2.05, 4.69) is 5.32 Å². The standard InChI is InChI=1S/C5H6ClN/c6-5-2-1-3-7-4-5/h1-2,4,7H,3H2. The zero-order valence-corrected chi connectivity index (χ0v) is 4.57. The van der Waals surface area contributed by atoms with Gasteiger partial charge >= 0.3 is 0 Å². The van der Waals surface area contributed by atoms with Crippen LogP contribution < -0.4 is 5.32 Å². The van der Waals surface area contributed by atoms with Crippen molar-refractivity contribution in [1.82, 2.24) is 5.32 Å². The number of hydrogen-bond donors (Lipinski definition) is 1. The second-order valence-electron chi connectivity index (χ2n) is 1.34. The summed E-state index contributed by atoms with van der Waals surface area (Å²) in [6.07, 6.45) is 5.63. The number of nitrogens with one attached hydrogen (secondary N) is 1. The Morgan fingerprint density at radius 2 is 2.57 bits per heavy atom. The van der Waals surface area contributed by atoms with E-state index in [-0.39, 0.29) is 0 Å². The van der Waals surface area contributed by atoms with Crippen LogP contribution in [0.3, 0.4) is 0 Å². The molecule has 0 aromatic heterocycles. The lowest BCUT2D eigenvalue weighted by molar-refractivity contribution is 0.968. The first kappa shape index (κ1) is 4.72. The van der Waals surface area contributed by atoms with Gasteiger partial charge in [-0.3, -0.25) is 0 Å². The van der Waals surface area contributed by atoms with Crippen molar-refractivity contribution in [3.05, 3.63) is 23.4 Å². The van der Waals surface area contributed by atoms with Crippen molar-refractivity contribution in [2.75, 3.05) is 6.54 Å². The molecule has 38 valence electrons. The van der Waals surface area contributed by atoms with Crippen LogP contribution in [0.2, 0.25) is 0 Å². The molecular formula is C5H6ClN. The summed E-state index contributed by atoms with van der Waals surface area (Å²) in [6, 6.07) is 0. The summed E-state index contributed by atoms with van der Waals surface area (Å²) in [5.74, 6) is 0. The van der Waals surface area contributed by atoms with Crippen LogP contribution in [0, 0.1) is 0 Å². The first-order valence-corrected chi connectivity index (χ1v) is 2.53. The molecule has 0 amide bonds. The lowest BCUT2D eigenvalue weighted by atomic mass is 10.4. The van der Waals surface area contributed by atoms with E-state index in [0.717, 1.165) is 11.6 Å². The highest BCUT2D eigenvalue weighted by Gasteiger charge is 1.86. The molecule has 1 nitrogen and oxygen atoms in total. The molecule has 0 radical (unpaired) electrons. The van der Waals surface area contributed by atoms with Gasteiger partial charge in [-0.05, 0) is 6.08 Å². The predicted molar refractivity (Wildman–Crippen MR) is 31.1 cm³/mol. The molecule has 0 aliphatic carbocycles. The highest BCUT2D eigenvalue weighted by Crippen LogP contribution is 2.02. The summed E-state index contributed by atoms with van der Waals surface area (Å²) in [5.41, 5.74) is 0. The van der Waals surface area contributed by atoms with Crippen LogP contribution in [0.25, 0.3) is 0 Å². The van der Waals surface area contributed by atoms with Gasteiger partial charge in [-0.15, -0.1) is 0 Å². The Hall–Kier alpha value is -0.430. The first-order chi connectivity index (χ1) is 3.39. The summed E-state index contributed by atoms with van der Waals surface area (Å²) in [7, 11) is 0. The van der Waals surface area contributed by atoms with Crippen molar-refractivity contribution in [2.24, 2.45) is 0 Å². The molecule has 0 saturated heterocycles. The van der Waals surface area contributed by atoms with Crippen molar-refractivity contribution < 1.29 is 0 Å². The lowest BCUT2D eigenvalue weighted by Crippen LogP contribution is -2.06. The average molecular weight is 116 g/mol. The fraction of sp³-hybridized carbons (Fsp3) is 0.200. The fourth-order valence-electron chi connectivity index (χ4n) is 0.444. The summed E-state index contributed by atoms with van der Waals surface area (Å²) >= 11 is 5.53. The van der Waals surface area contributed by atoms with Gasteiger partial charge in [0.2, 0.25) is 0 Å². The van der Waals surface area contributed by atoms with Gasteiger partial charge in [0.05, 0.1) is 5.03 Å². The Morgan fingerprint density at radius 3 is 2.86 bits per heavy atom. The number of hydrogen-bond acceptors (Lipinski definition) is 1. The van der Waals surface area contributed by atoms with Crippen LogP contribution >= 0.6 is 11.6 Å². The summed E-state index contributed by atoms with van der Waals surface area (Å²) in [4.78, 5) is 0. The minimum absolute atomic E-state index is 0.770. The SMILES string of the molecule is ClC1=CNCC=C1. The highest BCUT2D eigenvalue weighted by molar-refractivity contribution is 6.31. The second kappa shape index (κ2) is 2.03. The minimum Gasteiger partial charge on any atom is -0.386 e. The number of halogens is 1. The Kier molecular flexibility index (Phi) is 1.37. The molecule has 1 aliphatic heterocycles. The fourth-order valence-corrected chi connectivity index (χ4v) is 0.610. The molecule has 1 rings (SSSR count). The Labute approximate surface area is 47.7 Å². The lowest BCUT2D eigenvalue weighted by Gasteiger charge is -1.99. The molecule has 1 heterocycles. The van der Waals surface area contributed by atoms with Crippen LogP contribution in [0.5, 0.6) is 0 Å². The van der Waals surface area contributed by atoms with Gasteiger partial charge in [0, 0.05) is 12.7 Å². The number of allylic oxidation sites excluding steroid dienone is 2. The molecule has 0 bridgehead atoms. The van der Waals surface area contributed by atoms with Crippen LogP contribution in [0.4, 0.5) is 0 Å². The van der Waals surface area contributed by atoms with E-state index in [1.54, 1.807) is 6.20 Å². The maximum Gasteiger partial charge on any atom is 0.0560 e. The molecular weight excluding hydrogens is 110 g/mol. The van der Waals surface area contributed by atoms with E-state index in [4.69, 9.17) is 11.6 Å². The quantitative estimate of drug-likeness (QED) is 0.501. The minimum atomic E-state index is 0.770. The van der Waals surface area contributed by atoms with Crippen molar-refractivity contribution in [3.8, 4) is 0 Å². The maximum atomic E-state index is 5.53. The van der Waals surface area contributed by atoms with E-state index in [0.29, 0.717) is 0 Å². The molecule has 0 fully saturated rings. The van der Waals surface area contributed by atoms with Crippen molar-refractivity contribution in [2.45, 2.75) is 0 Å². The van der Waals surface area contributed by atoms with E-state index in [9.17, 15) is 0 Å². The van der Waals surface area contributed by atoms with Crippen LogP contribution in [0.1, 0.15) is 0 Å². The smallest absolute Gasteiger partial charge is 0.0560 e. The molecule has 2 heteroatoms. The second-order valence-corrected chi connectivity index (χ2v) is 1.78. The Bertz CT molecular complexity index is 115. The third kappa shape index (κ3) is 1.24. The molecule has 0 aromatic rings. The van der Waals surface area contributed by atoms with Gasteiger partial charge in [0.1, 0.15) is 0 Å². The number of rotatable bonds is 0. The molecule has 0 aromatic carbocycles. The van der Waals surface area contributed by atoms with Gasteiger partial charge in [0.25, 0.3) is 0 Å². The van der Waals surface area contributed by atoms with Gasteiger partial charge in [-0.25, -0.2) is 0 Å². The summed E-state index contributed by atoms with van der Waals surface area (Å²) < 4.78 is 0. The first-order valence-electron chi connectivity index (χ1n) is 2.15. The van der Waals surface area contributed by atoms with E-state index in [1.807, 2.05) is 12.2 Å². The van der Waals surface area contributed by atoms with E-state index in [1.165, 1.54) is 0 Å². The Morgan fingerprint density at radius 1 is 1.71 bits per heavy atom. The summed E-state index contributed by atoms with van der Waals surface area (Å²) in [6.45, 7) is 0.899.